The number of rotatable bonds is 7. The van der Waals surface area contributed by atoms with Crippen LogP contribution in [0.15, 0.2) is 27.4 Å². The molecule has 0 fully saturated rings. The molecule has 1 heterocycles. The van der Waals surface area contributed by atoms with Crippen LogP contribution in [0, 0.1) is 12.8 Å². The first-order valence-electron chi connectivity index (χ1n) is 8.50. The molecule has 2 rings (SSSR count). The van der Waals surface area contributed by atoms with Gasteiger partial charge < -0.3 is 19.2 Å². The van der Waals surface area contributed by atoms with Crippen molar-refractivity contribution in [3.8, 4) is 5.75 Å². The second-order valence-corrected chi connectivity index (χ2v) is 6.68. The Bertz CT molecular complexity index is 907. The minimum atomic E-state index is -0.760. The Labute approximate surface area is 161 Å². The number of aryl methyl sites for hydroxylation is 1. The maximum absolute atomic E-state index is 12.2. The molecule has 2 aromatic rings. The van der Waals surface area contributed by atoms with E-state index < -0.39 is 23.5 Å². The van der Waals surface area contributed by atoms with Gasteiger partial charge in [0.2, 0.25) is 0 Å². The van der Waals surface area contributed by atoms with Crippen LogP contribution in [0.25, 0.3) is 11.0 Å². The van der Waals surface area contributed by atoms with Gasteiger partial charge in [0.25, 0.3) is 5.91 Å². The molecule has 8 heteroatoms. The summed E-state index contributed by atoms with van der Waals surface area (Å²) in [4.78, 5) is 35.6. The van der Waals surface area contributed by atoms with E-state index in [0.717, 1.165) is 5.56 Å². The van der Waals surface area contributed by atoms with Gasteiger partial charge in [0.1, 0.15) is 17.4 Å². The zero-order chi connectivity index (χ0) is 20.1. The predicted octanol–water partition coefficient (Wildman–Crippen LogP) is 2.84. The highest BCUT2D eigenvalue weighted by atomic mass is 35.5. The molecule has 0 bridgehead atoms. The van der Waals surface area contributed by atoms with Crippen LogP contribution in [0.5, 0.6) is 5.75 Å². The first-order chi connectivity index (χ1) is 12.8. The molecule has 0 radical (unpaired) electrons. The van der Waals surface area contributed by atoms with Crippen LogP contribution in [0.1, 0.15) is 25.8 Å². The summed E-state index contributed by atoms with van der Waals surface area (Å²) in [5, 5.41) is 3.56. The van der Waals surface area contributed by atoms with Crippen molar-refractivity contribution < 1.29 is 23.5 Å². The number of benzene rings is 1. The molecule has 0 aliphatic rings. The first-order valence-corrected chi connectivity index (χ1v) is 8.88. The van der Waals surface area contributed by atoms with Crippen molar-refractivity contribution in [3.63, 3.8) is 0 Å². The van der Waals surface area contributed by atoms with Crippen LogP contribution >= 0.6 is 11.6 Å². The number of amides is 1. The number of carbonyl (C=O) groups is 2. The van der Waals surface area contributed by atoms with Crippen molar-refractivity contribution in [2.45, 2.75) is 33.2 Å². The van der Waals surface area contributed by atoms with Gasteiger partial charge in [-0.05, 0) is 24.5 Å². The summed E-state index contributed by atoms with van der Waals surface area (Å²) in [5.74, 6) is -0.902. The van der Waals surface area contributed by atoms with Gasteiger partial charge >= 0.3 is 11.6 Å². The zero-order valence-electron chi connectivity index (χ0n) is 15.6. The third-order valence-corrected chi connectivity index (χ3v) is 4.64. The molecule has 0 spiro atoms. The molecule has 0 aliphatic heterocycles. The van der Waals surface area contributed by atoms with Crippen molar-refractivity contribution in [3.05, 3.63) is 39.2 Å². The molecule has 27 heavy (non-hydrogen) atoms. The molecular weight excluding hydrogens is 374 g/mol. The Morgan fingerprint density at radius 2 is 2.00 bits per heavy atom. The highest BCUT2D eigenvalue weighted by Gasteiger charge is 2.26. The molecule has 1 aromatic heterocycles. The van der Waals surface area contributed by atoms with E-state index in [1.807, 2.05) is 13.8 Å². The number of fused-ring (bicyclic) bond motifs is 1. The number of ether oxygens (including phenoxy) is 2. The lowest BCUT2D eigenvalue weighted by molar-refractivity contribution is -0.146. The summed E-state index contributed by atoms with van der Waals surface area (Å²) in [6, 6.07) is 3.68. The normalized spacial score (nSPS) is 13.1. The van der Waals surface area contributed by atoms with Crippen LogP contribution in [0.3, 0.4) is 0 Å². The summed E-state index contributed by atoms with van der Waals surface area (Å²) in [6.07, 6.45) is 0.690. The molecule has 0 saturated heterocycles. The topological polar surface area (TPSA) is 94.8 Å². The van der Waals surface area contributed by atoms with E-state index in [9.17, 15) is 14.4 Å². The number of carbonyl (C=O) groups excluding carboxylic acids is 2. The van der Waals surface area contributed by atoms with Gasteiger partial charge in [-0.15, -0.1) is 0 Å². The number of hydrogen-bond acceptors (Lipinski definition) is 6. The Kier molecular flexibility index (Phi) is 6.85. The molecular formula is C19H22ClNO6. The summed E-state index contributed by atoms with van der Waals surface area (Å²) in [7, 11) is 1.27. The largest absolute Gasteiger partial charge is 0.482 e. The Balaban J connectivity index is 2.13. The third kappa shape index (κ3) is 5.01. The van der Waals surface area contributed by atoms with Gasteiger partial charge in [-0.2, -0.15) is 0 Å². The average Bonchev–Trinajstić information content (AvgIpc) is 2.63. The van der Waals surface area contributed by atoms with E-state index in [1.54, 1.807) is 13.0 Å². The van der Waals surface area contributed by atoms with Gasteiger partial charge in [-0.1, -0.05) is 31.9 Å². The number of methoxy groups -OCH3 is 1. The Hall–Kier alpha value is -2.54. The molecule has 2 atom stereocenters. The van der Waals surface area contributed by atoms with Crippen LogP contribution in [0.2, 0.25) is 5.02 Å². The zero-order valence-corrected chi connectivity index (χ0v) is 16.4. The third-order valence-electron chi connectivity index (χ3n) is 4.35. The lowest BCUT2D eigenvalue weighted by Gasteiger charge is -2.21. The van der Waals surface area contributed by atoms with Crippen molar-refractivity contribution >= 4 is 34.4 Å². The maximum Gasteiger partial charge on any atom is 0.336 e. The Morgan fingerprint density at radius 1 is 1.30 bits per heavy atom. The highest BCUT2D eigenvalue weighted by Crippen LogP contribution is 2.30. The summed E-state index contributed by atoms with van der Waals surface area (Å²) in [5.41, 5.74) is 0.550. The fourth-order valence-electron chi connectivity index (χ4n) is 2.58. The van der Waals surface area contributed by atoms with Gasteiger partial charge in [-0.25, -0.2) is 9.59 Å². The molecule has 0 aliphatic carbocycles. The summed E-state index contributed by atoms with van der Waals surface area (Å²) >= 11 is 6.20. The fourth-order valence-corrected chi connectivity index (χ4v) is 2.80. The van der Waals surface area contributed by atoms with Crippen LogP contribution in [-0.4, -0.2) is 31.6 Å². The fraction of sp³-hybridized carbons (Fsp3) is 0.421. The van der Waals surface area contributed by atoms with Crippen molar-refractivity contribution in [2.75, 3.05) is 13.7 Å². The minimum Gasteiger partial charge on any atom is -0.482 e. The lowest BCUT2D eigenvalue weighted by Crippen LogP contribution is -2.47. The highest BCUT2D eigenvalue weighted by molar-refractivity contribution is 6.32. The summed E-state index contributed by atoms with van der Waals surface area (Å²) < 4.78 is 15.3. The molecule has 1 amide bonds. The standard InChI is InChI=1S/C19H22ClNO6/c1-5-10(2)18(19(24)25-4)21-16(22)9-26-15-8-14-12(7-13(15)20)11(3)6-17(23)27-14/h6-8,10,18H,5,9H2,1-4H3,(H,21,22)/t10-,18-/m0/s1. The van der Waals surface area contributed by atoms with Gasteiger partial charge in [0.05, 0.1) is 12.1 Å². The predicted molar refractivity (Wildman–Crippen MR) is 101 cm³/mol. The van der Waals surface area contributed by atoms with Crippen molar-refractivity contribution in [1.29, 1.82) is 0 Å². The van der Waals surface area contributed by atoms with Crippen molar-refractivity contribution in [2.24, 2.45) is 5.92 Å². The van der Waals surface area contributed by atoms with Crippen molar-refractivity contribution in [1.82, 2.24) is 5.32 Å². The maximum atomic E-state index is 12.2. The van der Waals surface area contributed by atoms with Gasteiger partial charge in [-0.3, -0.25) is 4.79 Å². The molecule has 1 aromatic carbocycles. The number of esters is 1. The van der Waals surface area contributed by atoms with Crippen LogP contribution in [0.4, 0.5) is 0 Å². The molecule has 0 saturated carbocycles. The quantitative estimate of drug-likeness (QED) is 0.572. The van der Waals surface area contributed by atoms with Gasteiger partial charge in [0.15, 0.2) is 6.61 Å². The van der Waals surface area contributed by atoms with Crippen LogP contribution in [-0.2, 0) is 14.3 Å². The van der Waals surface area contributed by atoms with E-state index in [1.165, 1.54) is 19.2 Å². The average molecular weight is 396 g/mol. The minimum absolute atomic E-state index is 0.0945. The molecule has 7 nitrogen and oxygen atoms in total. The first kappa shape index (κ1) is 20.8. The summed E-state index contributed by atoms with van der Waals surface area (Å²) in [6.45, 7) is 5.16. The number of halogens is 1. The van der Waals surface area contributed by atoms with E-state index in [0.29, 0.717) is 17.4 Å². The second-order valence-electron chi connectivity index (χ2n) is 6.27. The Morgan fingerprint density at radius 3 is 2.63 bits per heavy atom. The molecule has 0 unspecified atom stereocenters. The number of nitrogens with one attached hydrogen (secondary N) is 1. The monoisotopic (exact) mass is 395 g/mol. The van der Waals surface area contributed by atoms with E-state index >= 15 is 0 Å². The number of hydrogen-bond donors (Lipinski definition) is 1. The smallest absolute Gasteiger partial charge is 0.336 e. The second kappa shape index (κ2) is 8.90. The molecule has 1 N–H and O–H groups in total. The van der Waals surface area contributed by atoms with E-state index in [-0.39, 0.29) is 23.3 Å². The van der Waals surface area contributed by atoms with Gasteiger partial charge in [0, 0.05) is 17.5 Å². The van der Waals surface area contributed by atoms with E-state index in [2.05, 4.69) is 5.32 Å². The van der Waals surface area contributed by atoms with E-state index in [4.69, 9.17) is 25.5 Å². The molecule has 146 valence electrons. The van der Waals surface area contributed by atoms with Crippen LogP contribution < -0.4 is 15.7 Å². The SMILES string of the molecule is CC[C@H](C)[C@H](NC(=O)COc1cc2oc(=O)cc(C)c2cc1Cl)C(=O)OC. The lowest BCUT2D eigenvalue weighted by atomic mass is 9.99.